The van der Waals surface area contributed by atoms with Gasteiger partial charge in [0.05, 0.1) is 6.54 Å². The van der Waals surface area contributed by atoms with Gasteiger partial charge in [-0.2, -0.15) is 0 Å². The van der Waals surface area contributed by atoms with Crippen molar-refractivity contribution in [2.45, 2.75) is 38.6 Å². The Morgan fingerprint density at radius 1 is 1.22 bits per heavy atom. The molecule has 27 heavy (non-hydrogen) atoms. The highest BCUT2D eigenvalue weighted by molar-refractivity contribution is 5.78. The van der Waals surface area contributed by atoms with E-state index >= 15 is 0 Å². The number of likely N-dealkylation sites (tertiary alicyclic amines) is 2. The summed E-state index contributed by atoms with van der Waals surface area (Å²) >= 11 is 0. The molecule has 0 spiro atoms. The van der Waals surface area contributed by atoms with E-state index in [9.17, 15) is 14.0 Å². The molecule has 0 N–H and O–H groups in total. The first kappa shape index (κ1) is 19.8. The molecule has 5 nitrogen and oxygen atoms in total. The van der Waals surface area contributed by atoms with E-state index in [-0.39, 0.29) is 11.7 Å². The van der Waals surface area contributed by atoms with Crippen LogP contribution in [0.3, 0.4) is 0 Å². The highest BCUT2D eigenvalue weighted by atomic mass is 19.1. The molecule has 0 atom stereocenters. The van der Waals surface area contributed by atoms with Gasteiger partial charge in [-0.1, -0.05) is 18.2 Å². The summed E-state index contributed by atoms with van der Waals surface area (Å²) in [6, 6.07) is 6.70. The zero-order valence-corrected chi connectivity index (χ0v) is 16.2. The molecule has 2 saturated heterocycles. The molecule has 1 aromatic carbocycles. The van der Waals surface area contributed by atoms with Crippen LogP contribution in [0.2, 0.25) is 0 Å². The number of benzene rings is 1. The number of likely N-dealkylation sites (N-methyl/N-ethyl adjacent to an activating group) is 1. The van der Waals surface area contributed by atoms with Gasteiger partial charge in [-0.15, -0.1) is 0 Å². The topological polar surface area (TPSA) is 43.9 Å². The van der Waals surface area contributed by atoms with Crippen LogP contribution in [0.15, 0.2) is 24.3 Å². The van der Waals surface area contributed by atoms with Crippen molar-refractivity contribution in [2.75, 3.05) is 39.8 Å². The minimum absolute atomic E-state index is 0.113. The Hall–Kier alpha value is -1.95. The van der Waals surface area contributed by atoms with Crippen molar-refractivity contribution in [1.82, 2.24) is 14.7 Å². The van der Waals surface area contributed by atoms with Gasteiger partial charge in [-0.25, -0.2) is 4.39 Å². The molecule has 0 unspecified atom stereocenters. The Balaban J connectivity index is 1.38. The average molecular weight is 375 g/mol. The van der Waals surface area contributed by atoms with Gasteiger partial charge in [0.2, 0.25) is 11.8 Å². The van der Waals surface area contributed by atoms with E-state index in [4.69, 9.17) is 0 Å². The maximum absolute atomic E-state index is 13.7. The van der Waals surface area contributed by atoms with E-state index in [1.54, 1.807) is 12.1 Å². The predicted octanol–water partition coefficient (Wildman–Crippen LogP) is 2.51. The summed E-state index contributed by atoms with van der Waals surface area (Å²) in [6.45, 7) is 4.07. The molecule has 2 fully saturated rings. The number of amides is 2. The zero-order chi connectivity index (χ0) is 19.2. The summed E-state index contributed by atoms with van der Waals surface area (Å²) in [4.78, 5) is 30.0. The summed E-state index contributed by atoms with van der Waals surface area (Å²) < 4.78 is 13.7. The monoisotopic (exact) mass is 375 g/mol. The SMILES string of the molecule is CN(CC(=O)N1CCC(CCN2CCCC2=O)CC1)Cc1ccccc1F. The third-order valence-corrected chi connectivity index (χ3v) is 5.75. The lowest BCUT2D eigenvalue weighted by molar-refractivity contribution is -0.133. The number of hydrogen-bond acceptors (Lipinski definition) is 3. The van der Waals surface area contributed by atoms with E-state index in [1.807, 2.05) is 27.8 Å². The quantitative estimate of drug-likeness (QED) is 0.736. The van der Waals surface area contributed by atoms with Crippen LogP contribution in [0.25, 0.3) is 0 Å². The fourth-order valence-electron chi connectivity index (χ4n) is 4.05. The summed E-state index contributed by atoms with van der Waals surface area (Å²) in [7, 11) is 1.85. The fraction of sp³-hybridized carbons (Fsp3) is 0.619. The number of nitrogens with zero attached hydrogens (tertiary/aromatic N) is 3. The zero-order valence-electron chi connectivity index (χ0n) is 16.2. The molecule has 0 bridgehead atoms. The van der Waals surface area contributed by atoms with Crippen LogP contribution in [0.5, 0.6) is 0 Å². The van der Waals surface area contributed by atoms with E-state index in [0.29, 0.717) is 36.9 Å². The Morgan fingerprint density at radius 2 is 1.96 bits per heavy atom. The van der Waals surface area contributed by atoms with E-state index in [0.717, 1.165) is 51.9 Å². The second kappa shape index (κ2) is 9.31. The Kier molecular flexibility index (Phi) is 6.83. The van der Waals surface area contributed by atoms with Crippen molar-refractivity contribution in [3.63, 3.8) is 0 Å². The van der Waals surface area contributed by atoms with Crippen molar-refractivity contribution >= 4 is 11.8 Å². The second-order valence-corrected chi connectivity index (χ2v) is 7.86. The van der Waals surface area contributed by atoms with E-state index < -0.39 is 0 Å². The van der Waals surface area contributed by atoms with Crippen molar-refractivity contribution in [2.24, 2.45) is 5.92 Å². The molecule has 0 saturated carbocycles. The number of hydrogen-bond donors (Lipinski definition) is 0. The average Bonchev–Trinajstić information content (AvgIpc) is 3.07. The maximum Gasteiger partial charge on any atom is 0.236 e. The van der Waals surface area contributed by atoms with Crippen LogP contribution < -0.4 is 0 Å². The molecule has 3 rings (SSSR count). The summed E-state index contributed by atoms with van der Waals surface area (Å²) in [6.07, 6.45) is 4.75. The Labute approximate surface area is 161 Å². The third kappa shape index (κ3) is 5.51. The molecule has 6 heteroatoms. The minimum Gasteiger partial charge on any atom is -0.343 e. The lowest BCUT2D eigenvalue weighted by Gasteiger charge is -2.33. The van der Waals surface area contributed by atoms with Crippen molar-refractivity contribution in [3.8, 4) is 0 Å². The predicted molar refractivity (Wildman–Crippen MR) is 102 cm³/mol. The molecule has 2 aliphatic rings. The fourth-order valence-corrected chi connectivity index (χ4v) is 4.05. The standard InChI is InChI=1S/C21H30FN3O2/c1-23(15-18-5-2-3-6-19(18)22)16-21(27)25-13-9-17(10-14-25)8-12-24-11-4-7-20(24)26/h2-3,5-6,17H,4,7-16H2,1H3. The Morgan fingerprint density at radius 3 is 2.63 bits per heavy atom. The summed E-state index contributed by atoms with van der Waals surface area (Å²) in [5, 5.41) is 0. The van der Waals surface area contributed by atoms with Gasteiger partial charge in [-0.3, -0.25) is 14.5 Å². The molecule has 1 aromatic rings. The van der Waals surface area contributed by atoms with Gasteiger partial charge < -0.3 is 9.80 Å². The first-order valence-corrected chi connectivity index (χ1v) is 10.0. The van der Waals surface area contributed by atoms with Crippen molar-refractivity contribution in [3.05, 3.63) is 35.6 Å². The lowest BCUT2D eigenvalue weighted by Crippen LogP contribution is -2.43. The van der Waals surface area contributed by atoms with Gasteiger partial charge in [0.1, 0.15) is 5.82 Å². The number of halogens is 1. The molecule has 0 aromatic heterocycles. The van der Waals surface area contributed by atoms with Gasteiger partial charge >= 0.3 is 0 Å². The van der Waals surface area contributed by atoms with Crippen LogP contribution in [-0.2, 0) is 16.1 Å². The summed E-state index contributed by atoms with van der Waals surface area (Å²) in [5.74, 6) is 0.773. The molecule has 0 aliphatic carbocycles. The molecule has 2 heterocycles. The highest BCUT2D eigenvalue weighted by Gasteiger charge is 2.25. The van der Waals surface area contributed by atoms with Gasteiger partial charge in [0, 0.05) is 44.7 Å². The maximum atomic E-state index is 13.7. The van der Waals surface area contributed by atoms with Crippen molar-refractivity contribution in [1.29, 1.82) is 0 Å². The molecule has 2 aliphatic heterocycles. The molecular weight excluding hydrogens is 345 g/mol. The second-order valence-electron chi connectivity index (χ2n) is 7.86. The van der Waals surface area contributed by atoms with Crippen LogP contribution in [-0.4, -0.2) is 66.3 Å². The van der Waals surface area contributed by atoms with Gasteiger partial charge in [0.15, 0.2) is 0 Å². The normalized spacial score (nSPS) is 18.6. The van der Waals surface area contributed by atoms with E-state index in [1.165, 1.54) is 6.07 Å². The summed E-state index contributed by atoms with van der Waals surface area (Å²) in [5.41, 5.74) is 0.614. The smallest absolute Gasteiger partial charge is 0.236 e. The van der Waals surface area contributed by atoms with Gasteiger partial charge in [0.25, 0.3) is 0 Å². The Bertz CT molecular complexity index is 659. The molecular formula is C21H30FN3O2. The first-order chi connectivity index (χ1) is 13.0. The van der Waals surface area contributed by atoms with Crippen LogP contribution in [0.4, 0.5) is 4.39 Å². The number of rotatable bonds is 7. The third-order valence-electron chi connectivity index (χ3n) is 5.75. The lowest BCUT2D eigenvalue weighted by atomic mass is 9.93. The number of piperidine rings is 1. The van der Waals surface area contributed by atoms with Crippen LogP contribution in [0.1, 0.15) is 37.7 Å². The van der Waals surface area contributed by atoms with Crippen LogP contribution >= 0.6 is 0 Å². The van der Waals surface area contributed by atoms with Crippen molar-refractivity contribution < 1.29 is 14.0 Å². The first-order valence-electron chi connectivity index (χ1n) is 10.0. The highest BCUT2D eigenvalue weighted by Crippen LogP contribution is 2.22. The molecule has 2 amide bonds. The van der Waals surface area contributed by atoms with E-state index in [2.05, 4.69) is 0 Å². The van der Waals surface area contributed by atoms with Gasteiger partial charge in [-0.05, 0) is 44.7 Å². The van der Waals surface area contributed by atoms with Crippen LogP contribution in [0, 0.1) is 11.7 Å². The largest absolute Gasteiger partial charge is 0.343 e. The minimum atomic E-state index is -0.228. The number of carbonyl (C=O) groups excluding carboxylic acids is 2. The number of carbonyl (C=O) groups is 2. The molecule has 148 valence electrons. The molecule has 0 radical (unpaired) electrons.